The van der Waals surface area contributed by atoms with Crippen LogP contribution in [0.15, 0.2) is 10.6 Å². The van der Waals surface area contributed by atoms with E-state index in [4.69, 9.17) is 13.9 Å². The zero-order valence-corrected chi connectivity index (χ0v) is 11.6. The lowest BCUT2D eigenvalue weighted by molar-refractivity contribution is 0.0539. The molecule has 1 heterocycles. The molecule has 0 atom stereocenters. The van der Waals surface area contributed by atoms with E-state index in [1.165, 1.54) is 0 Å². The van der Waals surface area contributed by atoms with Crippen LogP contribution >= 0.6 is 0 Å². The molecule has 0 amide bonds. The molecule has 0 spiro atoms. The maximum absolute atomic E-state index is 5.57. The Kier molecular flexibility index (Phi) is 7.64. The lowest BCUT2D eigenvalue weighted by Gasteiger charge is -2.04. The smallest absolute Gasteiger partial charge is 0.194 e. The van der Waals surface area contributed by atoms with Gasteiger partial charge in [0.25, 0.3) is 0 Å². The fourth-order valence-electron chi connectivity index (χ4n) is 1.44. The summed E-state index contributed by atoms with van der Waals surface area (Å²) in [6.07, 6.45) is 3.82. The molecule has 1 rings (SSSR count). The van der Waals surface area contributed by atoms with Gasteiger partial charge in [0.2, 0.25) is 0 Å². The normalized spacial score (nSPS) is 11.3. The van der Waals surface area contributed by atoms with Gasteiger partial charge in [-0.15, -0.1) is 0 Å². The summed E-state index contributed by atoms with van der Waals surface area (Å²) in [4.78, 5) is 4.23. The van der Waals surface area contributed by atoms with Crippen molar-refractivity contribution in [3.63, 3.8) is 0 Å². The highest BCUT2D eigenvalue weighted by atomic mass is 16.5. The number of oxazole rings is 1. The highest BCUT2D eigenvalue weighted by Crippen LogP contribution is 2.08. The van der Waals surface area contributed by atoms with Crippen molar-refractivity contribution in [3.05, 3.63) is 17.8 Å². The number of ether oxygens (including phenoxy) is 2. The minimum atomic E-state index is 0.212. The Morgan fingerprint density at radius 2 is 2.22 bits per heavy atom. The summed E-state index contributed by atoms with van der Waals surface area (Å²) in [7, 11) is 1.70. The monoisotopic (exact) mass is 256 g/mol. The quantitative estimate of drug-likeness (QED) is 0.647. The number of methoxy groups -OCH3 is 1. The summed E-state index contributed by atoms with van der Waals surface area (Å²) < 4.78 is 16.0. The van der Waals surface area contributed by atoms with Crippen LogP contribution in [0.1, 0.15) is 31.9 Å². The number of aryl methyl sites for hydroxylation is 1. The van der Waals surface area contributed by atoms with E-state index in [9.17, 15) is 0 Å². The van der Waals surface area contributed by atoms with Gasteiger partial charge >= 0.3 is 0 Å². The van der Waals surface area contributed by atoms with Crippen molar-refractivity contribution in [1.82, 2.24) is 10.3 Å². The topological polar surface area (TPSA) is 56.5 Å². The second-order valence-electron chi connectivity index (χ2n) is 4.43. The molecular formula is C13H24N2O3. The molecule has 104 valence electrons. The summed E-state index contributed by atoms with van der Waals surface area (Å²) in [5.74, 6) is 1.58. The largest absolute Gasteiger partial charge is 0.443 e. The van der Waals surface area contributed by atoms with Gasteiger partial charge in [0, 0.05) is 20.1 Å². The average Bonchev–Trinajstić information content (AvgIpc) is 2.79. The van der Waals surface area contributed by atoms with Crippen LogP contribution in [0.25, 0.3) is 0 Å². The Morgan fingerprint density at radius 1 is 1.39 bits per heavy atom. The maximum Gasteiger partial charge on any atom is 0.194 e. The van der Waals surface area contributed by atoms with E-state index in [1.54, 1.807) is 13.3 Å². The first-order valence-corrected chi connectivity index (χ1v) is 6.47. The fraction of sp³-hybridized carbons (Fsp3) is 0.769. The zero-order chi connectivity index (χ0) is 13.2. The molecule has 0 unspecified atom stereocenters. The zero-order valence-electron chi connectivity index (χ0n) is 11.6. The van der Waals surface area contributed by atoms with Crippen molar-refractivity contribution in [1.29, 1.82) is 0 Å². The summed E-state index contributed by atoms with van der Waals surface area (Å²) in [6, 6.07) is 0. The Hall–Kier alpha value is -0.910. The Balaban J connectivity index is 2.11. The summed E-state index contributed by atoms with van der Waals surface area (Å²) in [6.45, 7) is 7.08. The summed E-state index contributed by atoms with van der Waals surface area (Å²) >= 11 is 0. The number of nitrogens with zero attached hydrogens (tertiary/aromatic N) is 1. The van der Waals surface area contributed by atoms with Crippen molar-refractivity contribution in [3.8, 4) is 0 Å². The van der Waals surface area contributed by atoms with E-state index in [0.717, 1.165) is 44.2 Å². The standard InChI is InChI=1S/C13H24N2O3/c1-11(2)17-10-12-9-15-13(18-12)5-4-6-14-7-8-16-3/h9,11,14H,4-8,10H2,1-3H3. The Labute approximate surface area is 109 Å². The first-order chi connectivity index (χ1) is 8.72. The van der Waals surface area contributed by atoms with Crippen molar-refractivity contribution < 1.29 is 13.9 Å². The van der Waals surface area contributed by atoms with Gasteiger partial charge in [-0.3, -0.25) is 0 Å². The Bertz CT molecular complexity index is 313. The van der Waals surface area contributed by atoms with E-state index in [2.05, 4.69) is 10.3 Å². The highest BCUT2D eigenvalue weighted by molar-refractivity contribution is 4.92. The predicted molar refractivity (Wildman–Crippen MR) is 69.5 cm³/mol. The van der Waals surface area contributed by atoms with Crippen molar-refractivity contribution in [2.45, 2.75) is 39.4 Å². The maximum atomic E-state index is 5.57. The van der Waals surface area contributed by atoms with Crippen molar-refractivity contribution in [2.24, 2.45) is 0 Å². The Morgan fingerprint density at radius 3 is 2.94 bits per heavy atom. The van der Waals surface area contributed by atoms with Gasteiger partial charge in [-0.2, -0.15) is 0 Å². The molecule has 0 aliphatic carbocycles. The molecular weight excluding hydrogens is 232 g/mol. The molecule has 0 aromatic carbocycles. The van der Waals surface area contributed by atoms with Crippen LogP contribution in [0.5, 0.6) is 0 Å². The summed E-state index contributed by atoms with van der Waals surface area (Å²) in [5.41, 5.74) is 0. The van der Waals surface area contributed by atoms with E-state index < -0.39 is 0 Å². The molecule has 0 fully saturated rings. The van der Waals surface area contributed by atoms with Crippen molar-refractivity contribution >= 4 is 0 Å². The molecule has 0 bridgehead atoms. The second kappa shape index (κ2) is 9.08. The molecule has 0 aliphatic rings. The number of rotatable bonds is 10. The molecule has 18 heavy (non-hydrogen) atoms. The molecule has 0 radical (unpaired) electrons. The van der Waals surface area contributed by atoms with Gasteiger partial charge in [0.05, 0.1) is 18.9 Å². The fourth-order valence-corrected chi connectivity index (χ4v) is 1.44. The van der Waals surface area contributed by atoms with Crippen LogP contribution in [-0.2, 0) is 22.5 Å². The minimum absolute atomic E-state index is 0.212. The molecule has 1 aromatic heterocycles. The van der Waals surface area contributed by atoms with Gasteiger partial charge in [-0.05, 0) is 26.8 Å². The molecule has 0 saturated heterocycles. The molecule has 1 aromatic rings. The van der Waals surface area contributed by atoms with E-state index in [0.29, 0.717) is 6.61 Å². The molecule has 0 saturated carbocycles. The predicted octanol–water partition coefficient (Wildman–Crippen LogP) is 1.77. The average molecular weight is 256 g/mol. The number of hydrogen-bond donors (Lipinski definition) is 1. The third-order valence-corrected chi connectivity index (χ3v) is 2.39. The van der Waals surface area contributed by atoms with Crippen LogP contribution in [0.4, 0.5) is 0 Å². The van der Waals surface area contributed by atoms with Crippen LogP contribution in [0.2, 0.25) is 0 Å². The SMILES string of the molecule is COCCNCCCc1ncc(COC(C)C)o1. The summed E-state index contributed by atoms with van der Waals surface area (Å²) in [5, 5.41) is 3.28. The van der Waals surface area contributed by atoms with Gasteiger partial charge in [0.15, 0.2) is 5.89 Å². The molecule has 1 N–H and O–H groups in total. The van der Waals surface area contributed by atoms with E-state index in [1.807, 2.05) is 13.8 Å². The van der Waals surface area contributed by atoms with Crippen LogP contribution in [-0.4, -0.2) is 37.9 Å². The number of hydrogen-bond acceptors (Lipinski definition) is 5. The first-order valence-electron chi connectivity index (χ1n) is 6.47. The minimum Gasteiger partial charge on any atom is -0.443 e. The first kappa shape index (κ1) is 15.1. The molecule has 5 heteroatoms. The lowest BCUT2D eigenvalue weighted by Crippen LogP contribution is -2.20. The van der Waals surface area contributed by atoms with Crippen LogP contribution in [0.3, 0.4) is 0 Å². The van der Waals surface area contributed by atoms with Gasteiger partial charge in [-0.1, -0.05) is 0 Å². The molecule has 0 aliphatic heterocycles. The number of aromatic nitrogens is 1. The van der Waals surface area contributed by atoms with Gasteiger partial charge in [0.1, 0.15) is 12.4 Å². The lowest BCUT2D eigenvalue weighted by atomic mass is 10.3. The van der Waals surface area contributed by atoms with Gasteiger partial charge in [-0.25, -0.2) is 4.98 Å². The third kappa shape index (κ3) is 6.74. The third-order valence-electron chi connectivity index (χ3n) is 2.39. The highest BCUT2D eigenvalue weighted by Gasteiger charge is 2.04. The van der Waals surface area contributed by atoms with E-state index in [-0.39, 0.29) is 6.10 Å². The van der Waals surface area contributed by atoms with Crippen molar-refractivity contribution in [2.75, 3.05) is 26.8 Å². The second-order valence-corrected chi connectivity index (χ2v) is 4.43. The van der Waals surface area contributed by atoms with Gasteiger partial charge < -0.3 is 19.2 Å². The van der Waals surface area contributed by atoms with Crippen LogP contribution in [0, 0.1) is 0 Å². The molecule has 5 nitrogen and oxygen atoms in total. The number of nitrogens with one attached hydrogen (secondary N) is 1. The van der Waals surface area contributed by atoms with E-state index >= 15 is 0 Å². The van der Waals surface area contributed by atoms with Crippen LogP contribution < -0.4 is 5.32 Å².